The minimum atomic E-state index is -0.0110. The quantitative estimate of drug-likeness (QED) is 0.365. The summed E-state index contributed by atoms with van der Waals surface area (Å²) in [7, 11) is 0. The molecule has 1 N–H and O–H groups in total. The van der Waals surface area contributed by atoms with Gasteiger partial charge in [0, 0.05) is 81.4 Å². The van der Waals surface area contributed by atoms with Gasteiger partial charge < -0.3 is 19.7 Å². The molecule has 4 aromatic rings. The van der Waals surface area contributed by atoms with Crippen molar-refractivity contribution in [3.63, 3.8) is 0 Å². The number of aryl methyl sites for hydroxylation is 1. The van der Waals surface area contributed by atoms with E-state index in [9.17, 15) is 4.79 Å². The predicted molar refractivity (Wildman–Crippen MR) is 151 cm³/mol. The topological polar surface area (TPSA) is 97.6 Å². The van der Waals surface area contributed by atoms with Crippen molar-refractivity contribution in [3.05, 3.63) is 90.4 Å². The van der Waals surface area contributed by atoms with Crippen LogP contribution in [0.1, 0.15) is 23.2 Å². The van der Waals surface area contributed by atoms with E-state index in [0.717, 1.165) is 60.4 Å². The molecule has 206 valence electrons. The van der Waals surface area contributed by atoms with E-state index in [1.165, 1.54) is 5.56 Å². The first-order valence-electron chi connectivity index (χ1n) is 13.6. The van der Waals surface area contributed by atoms with E-state index in [2.05, 4.69) is 43.3 Å². The Morgan fingerprint density at radius 2 is 1.93 bits per heavy atom. The van der Waals surface area contributed by atoms with Gasteiger partial charge >= 0.3 is 0 Å². The van der Waals surface area contributed by atoms with Crippen molar-refractivity contribution in [1.29, 1.82) is 0 Å². The van der Waals surface area contributed by atoms with E-state index in [1.54, 1.807) is 18.7 Å². The second-order valence-corrected chi connectivity index (χ2v) is 10.2. The van der Waals surface area contributed by atoms with Crippen molar-refractivity contribution in [1.82, 2.24) is 29.7 Å². The smallest absolute Gasteiger partial charge is 0.222 e. The molecule has 3 aromatic heterocycles. The molecule has 10 heteroatoms. The van der Waals surface area contributed by atoms with E-state index in [0.29, 0.717) is 26.2 Å². The number of nitrogens with one attached hydrogen (secondary N) is 1. The number of amides is 1. The number of hydrogen-bond acceptors (Lipinski definition) is 8. The van der Waals surface area contributed by atoms with Crippen LogP contribution in [0.25, 0.3) is 5.82 Å². The lowest BCUT2D eigenvalue weighted by molar-refractivity contribution is -0.121. The highest BCUT2D eigenvalue weighted by atomic mass is 16.6. The second-order valence-electron chi connectivity index (χ2n) is 10.2. The largest absolute Gasteiger partial charge is 0.486 e. The third-order valence-corrected chi connectivity index (χ3v) is 7.24. The summed E-state index contributed by atoms with van der Waals surface area (Å²) in [5, 5.41) is 3.12. The van der Waals surface area contributed by atoms with Gasteiger partial charge in [0.2, 0.25) is 5.91 Å². The van der Waals surface area contributed by atoms with Crippen molar-refractivity contribution in [2.24, 2.45) is 0 Å². The molecule has 0 saturated carbocycles. The Hall–Kier alpha value is -4.44. The van der Waals surface area contributed by atoms with Crippen LogP contribution in [0.2, 0.25) is 0 Å². The van der Waals surface area contributed by atoms with Gasteiger partial charge in [-0.2, -0.15) is 0 Å². The van der Waals surface area contributed by atoms with Crippen LogP contribution in [0.15, 0.2) is 73.6 Å². The third kappa shape index (κ3) is 6.07. The fraction of sp³-hybridized carbons (Fsp3) is 0.333. The van der Waals surface area contributed by atoms with Crippen LogP contribution in [0.5, 0.6) is 11.5 Å². The van der Waals surface area contributed by atoms with Crippen LogP contribution >= 0.6 is 0 Å². The maximum absolute atomic E-state index is 13.3. The summed E-state index contributed by atoms with van der Waals surface area (Å²) in [6.45, 7) is 6.75. The minimum Gasteiger partial charge on any atom is -0.486 e. The van der Waals surface area contributed by atoms with Crippen LogP contribution in [0.4, 0.5) is 5.69 Å². The SMILES string of the molecule is Cc1cc(N2CCN(Cc3cccnc3)CC2CC(=O)NCc2ccc3c(c2)OCCO3)cc(-n2ccnc2)n1. The Morgan fingerprint density at radius 1 is 1.02 bits per heavy atom. The van der Waals surface area contributed by atoms with Crippen LogP contribution in [0.3, 0.4) is 0 Å². The van der Waals surface area contributed by atoms with Crippen LogP contribution in [-0.4, -0.2) is 69.2 Å². The Morgan fingerprint density at radius 3 is 2.75 bits per heavy atom. The van der Waals surface area contributed by atoms with Gasteiger partial charge in [-0.3, -0.25) is 19.2 Å². The molecular formula is C30H33N7O3. The number of hydrogen-bond donors (Lipinski definition) is 1. The number of rotatable bonds is 8. The van der Waals surface area contributed by atoms with Gasteiger partial charge in [-0.25, -0.2) is 9.97 Å². The van der Waals surface area contributed by atoms with E-state index in [-0.39, 0.29) is 11.9 Å². The lowest BCUT2D eigenvalue weighted by Crippen LogP contribution is -2.54. The summed E-state index contributed by atoms with van der Waals surface area (Å²) < 4.78 is 13.2. The molecule has 2 aliphatic heterocycles. The second kappa shape index (κ2) is 11.7. The molecule has 1 fully saturated rings. The third-order valence-electron chi connectivity index (χ3n) is 7.24. The molecule has 1 atom stereocenters. The summed E-state index contributed by atoms with van der Waals surface area (Å²) in [4.78, 5) is 31.2. The first kappa shape index (κ1) is 25.8. The molecule has 1 saturated heterocycles. The van der Waals surface area contributed by atoms with E-state index in [1.807, 2.05) is 48.1 Å². The van der Waals surface area contributed by atoms with Gasteiger partial charge in [-0.15, -0.1) is 0 Å². The number of ether oxygens (including phenoxy) is 2. The molecule has 10 nitrogen and oxygen atoms in total. The highest BCUT2D eigenvalue weighted by Gasteiger charge is 2.30. The minimum absolute atomic E-state index is 0.00808. The number of carbonyl (C=O) groups excluding carboxylic acids is 1. The van der Waals surface area contributed by atoms with Crippen LogP contribution < -0.4 is 19.7 Å². The summed E-state index contributed by atoms with van der Waals surface area (Å²) in [5.41, 5.74) is 4.12. The number of imidazole rings is 1. The number of fused-ring (bicyclic) bond motifs is 1. The van der Waals surface area contributed by atoms with Crippen molar-refractivity contribution >= 4 is 11.6 Å². The molecule has 0 radical (unpaired) electrons. The van der Waals surface area contributed by atoms with Crippen molar-refractivity contribution in [2.75, 3.05) is 37.7 Å². The average Bonchev–Trinajstić information content (AvgIpc) is 3.52. The van der Waals surface area contributed by atoms with Crippen LogP contribution in [0, 0.1) is 6.92 Å². The molecule has 40 heavy (non-hydrogen) atoms. The van der Waals surface area contributed by atoms with E-state index in [4.69, 9.17) is 14.5 Å². The van der Waals surface area contributed by atoms with E-state index < -0.39 is 0 Å². The molecule has 0 bridgehead atoms. The summed E-state index contributed by atoms with van der Waals surface area (Å²) in [6, 6.07) is 14.0. The standard InChI is InChI=1S/C30H33N7O3/c1-22-13-25(15-29(34-22)36-8-7-32-21-36)37-10-9-35(19-24-3-2-6-31-17-24)20-26(37)16-30(38)33-18-23-4-5-27-28(14-23)40-12-11-39-27/h2-8,13-15,17,21,26H,9-12,16,18-20H2,1H3,(H,33,38). The average molecular weight is 540 g/mol. The molecule has 2 aliphatic rings. The number of carbonyl (C=O) groups is 1. The Bertz CT molecular complexity index is 1450. The first-order chi connectivity index (χ1) is 19.6. The van der Waals surface area contributed by atoms with Crippen LogP contribution in [-0.2, 0) is 17.9 Å². The number of nitrogens with zero attached hydrogens (tertiary/aromatic N) is 6. The number of pyridine rings is 2. The molecular weight excluding hydrogens is 506 g/mol. The van der Waals surface area contributed by atoms with Crippen molar-refractivity contribution < 1.29 is 14.3 Å². The zero-order valence-electron chi connectivity index (χ0n) is 22.6. The Balaban J connectivity index is 1.18. The van der Waals surface area contributed by atoms with Gasteiger partial charge in [0.15, 0.2) is 11.5 Å². The monoisotopic (exact) mass is 539 g/mol. The lowest BCUT2D eigenvalue weighted by atomic mass is 10.1. The summed E-state index contributed by atoms with van der Waals surface area (Å²) >= 11 is 0. The van der Waals surface area contributed by atoms with Gasteiger partial charge in [-0.05, 0) is 42.3 Å². The first-order valence-corrected chi connectivity index (χ1v) is 13.6. The molecule has 0 spiro atoms. The number of aromatic nitrogens is 4. The Kier molecular flexibility index (Phi) is 7.58. The van der Waals surface area contributed by atoms with Gasteiger partial charge in [-0.1, -0.05) is 12.1 Å². The normalized spacial score (nSPS) is 17.0. The fourth-order valence-electron chi connectivity index (χ4n) is 5.34. The summed E-state index contributed by atoms with van der Waals surface area (Å²) in [6.07, 6.45) is 9.46. The number of anilines is 1. The van der Waals surface area contributed by atoms with Crippen molar-refractivity contribution in [2.45, 2.75) is 32.5 Å². The fourth-order valence-corrected chi connectivity index (χ4v) is 5.34. The zero-order valence-corrected chi connectivity index (χ0v) is 22.6. The van der Waals surface area contributed by atoms with Gasteiger partial charge in [0.05, 0.1) is 6.04 Å². The van der Waals surface area contributed by atoms with E-state index >= 15 is 0 Å². The highest BCUT2D eigenvalue weighted by molar-refractivity contribution is 5.77. The molecule has 0 aliphatic carbocycles. The maximum Gasteiger partial charge on any atom is 0.222 e. The van der Waals surface area contributed by atoms with Gasteiger partial charge in [0.25, 0.3) is 0 Å². The number of piperazine rings is 1. The summed E-state index contributed by atoms with van der Waals surface area (Å²) in [5.74, 6) is 2.29. The van der Waals surface area contributed by atoms with Gasteiger partial charge in [0.1, 0.15) is 25.4 Å². The molecule has 1 aromatic carbocycles. The zero-order chi connectivity index (χ0) is 27.3. The molecule has 6 rings (SSSR count). The molecule has 1 amide bonds. The van der Waals surface area contributed by atoms with Crippen molar-refractivity contribution in [3.8, 4) is 17.3 Å². The Labute approximate surface area is 233 Å². The lowest BCUT2D eigenvalue weighted by Gasteiger charge is -2.43. The predicted octanol–water partition coefficient (Wildman–Crippen LogP) is 3.14. The molecule has 5 heterocycles. The number of benzene rings is 1. The molecule has 1 unspecified atom stereocenters. The highest BCUT2D eigenvalue weighted by Crippen LogP contribution is 2.31. The maximum atomic E-state index is 13.3.